The normalized spacial score (nSPS) is 13.8. The van der Waals surface area contributed by atoms with Crippen LogP contribution in [0.3, 0.4) is 0 Å². The van der Waals surface area contributed by atoms with Crippen LogP contribution in [0.15, 0.2) is 6.20 Å². The number of ether oxygens (including phenoxy) is 1. The maximum absolute atomic E-state index is 11.6. The number of hydrogen-bond donors (Lipinski definition) is 2. The van der Waals surface area contributed by atoms with E-state index in [2.05, 4.69) is 17.2 Å². The lowest BCUT2D eigenvalue weighted by molar-refractivity contribution is -0.0892. The number of alkyl carbamates (subject to hydrolysis) is 1. The monoisotopic (exact) mass is 439 g/mol. The smallest absolute Gasteiger partial charge is 0.407 e. The predicted molar refractivity (Wildman–Crippen MR) is 125 cm³/mol. The molecule has 0 saturated carbocycles. The minimum absolute atomic E-state index is 0.345. The lowest BCUT2D eigenvalue weighted by Crippen LogP contribution is -2.49. The van der Waals surface area contributed by atoms with Gasteiger partial charge in [-0.25, -0.2) is 9.78 Å². The largest absolute Gasteiger partial charge is 0.444 e. The molecule has 0 spiro atoms. The lowest BCUT2D eigenvalue weighted by atomic mass is 9.86. The van der Waals surface area contributed by atoms with Crippen LogP contribution in [0.25, 0.3) is 0 Å². The number of aromatic nitrogens is 1. The molecule has 1 atom stereocenters. The van der Waals surface area contributed by atoms with Crippen LogP contribution in [0.2, 0.25) is 0 Å². The Morgan fingerprint density at radius 1 is 1.17 bits per heavy atom. The summed E-state index contributed by atoms with van der Waals surface area (Å²) in [4.78, 5) is 16.1. The highest BCUT2D eigenvalue weighted by atomic mass is 32.1. The molecule has 0 saturated heterocycles. The van der Waals surface area contributed by atoms with E-state index in [0.29, 0.717) is 12.5 Å². The zero-order valence-electron chi connectivity index (χ0n) is 20.0. The Kier molecular flexibility index (Phi) is 10.3. The first-order valence-electron chi connectivity index (χ1n) is 10.9. The molecule has 1 heterocycles. The molecule has 171 valence electrons. The zero-order chi connectivity index (χ0) is 23.0. The molecule has 1 radical (unpaired) electrons. The van der Waals surface area contributed by atoms with Gasteiger partial charge >= 0.3 is 13.6 Å². The van der Waals surface area contributed by atoms with Crippen molar-refractivity contribution in [2.75, 3.05) is 6.54 Å². The molecule has 0 aliphatic rings. The van der Waals surface area contributed by atoms with Gasteiger partial charge in [0.15, 0.2) is 0 Å². The highest BCUT2D eigenvalue weighted by Crippen LogP contribution is 2.26. The number of carbonyl (C=O) groups excluding carboxylic acids is 1. The third-order valence-electron chi connectivity index (χ3n) is 5.14. The maximum Gasteiger partial charge on any atom is 0.407 e. The molecule has 1 rings (SSSR count). The van der Waals surface area contributed by atoms with Crippen molar-refractivity contribution < 1.29 is 19.3 Å². The number of rotatable bonds is 12. The van der Waals surface area contributed by atoms with Gasteiger partial charge < -0.3 is 19.8 Å². The van der Waals surface area contributed by atoms with Gasteiger partial charge in [0.2, 0.25) is 0 Å². The van der Waals surface area contributed by atoms with Crippen molar-refractivity contribution in [1.82, 2.24) is 10.3 Å². The number of hydrogen-bond acceptors (Lipinski definition) is 6. The average molecular weight is 439 g/mol. The summed E-state index contributed by atoms with van der Waals surface area (Å²) in [6, 6.07) is 0. The fourth-order valence-electron chi connectivity index (χ4n) is 2.49. The van der Waals surface area contributed by atoms with Crippen molar-refractivity contribution in [2.45, 2.75) is 110 Å². The number of nitrogens with one attached hydrogen (secondary N) is 1. The molecule has 8 heteroatoms. The Bertz CT molecular complexity index is 650. The lowest BCUT2D eigenvalue weighted by Gasteiger charge is -2.37. The summed E-state index contributed by atoms with van der Waals surface area (Å²) in [5.74, 6) is 0.402. The van der Waals surface area contributed by atoms with E-state index in [1.165, 1.54) is 0 Å². The summed E-state index contributed by atoms with van der Waals surface area (Å²) in [6.07, 6.45) is 6.88. The molecular formula is C22H40BN2O4S. The average Bonchev–Trinajstić information content (AvgIpc) is 3.05. The topological polar surface area (TPSA) is 80.7 Å². The minimum Gasteiger partial charge on any atom is -0.444 e. The van der Waals surface area contributed by atoms with Crippen molar-refractivity contribution in [3.63, 3.8) is 0 Å². The molecule has 6 nitrogen and oxygen atoms in total. The van der Waals surface area contributed by atoms with Gasteiger partial charge in [-0.05, 0) is 61.3 Å². The van der Waals surface area contributed by atoms with Gasteiger partial charge in [-0.1, -0.05) is 26.2 Å². The second-order valence-electron chi connectivity index (χ2n) is 9.94. The van der Waals surface area contributed by atoms with Gasteiger partial charge in [-0.2, -0.15) is 0 Å². The fraction of sp³-hybridized carbons (Fsp3) is 0.818. The molecule has 1 amide bonds. The van der Waals surface area contributed by atoms with Gasteiger partial charge in [-0.15, -0.1) is 11.3 Å². The number of thiazole rings is 1. The van der Waals surface area contributed by atoms with Gasteiger partial charge in [0, 0.05) is 23.4 Å². The Morgan fingerprint density at radius 3 is 2.40 bits per heavy atom. The van der Waals surface area contributed by atoms with E-state index in [1.54, 1.807) is 32.7 Å². The van der Waals surface area contributed by atoms with E-state index in [1.807, 2.05) is 40.8 Å². The molecule has 0 aliphatic heterocycles. The third-order valence-corrected chi connectivity index (χ3v) is 6.29. The van der Waals surface area contributed by atoms with Gasteiger partial charge in [0.05, 0.1) is 16.2 Å². The van der Waals surface area contributed by atoms with Crippen molar-refractivity contribution in [1.29, 1.82) is 0 Å². The first-order valence-corrected chi connectivity index (χ1v) is 11.7. The van der Waals surface area contributed by atoms with Gasteiger partial charge in [0.25, 0.3) is 0 Å². The van der Waals surface area contributed by atoms with Crippen molar-refractivity contribution in [3.8, 4) is 0 Å². The third kappa shape index (κ3) is 10.3. The molecule has 0 fully saturated rings. The Labute approximate surface area is 187 Å². The molecule has 1 aromatic rings. The van der Waals surface area contributed by atoms with Gasteiger partial charge in [-0.3, -0.25) is 0 Å². The number of unbranched alkanes of at least 4 members (excludes halogenated alkanes) is 3. The van der Waals surface area contributed by atoms with Crippen molar-refractivity contribution in [3.05, 3.63) is 11.2 Å². The molecule has 0 aliphatic carbocycles. The van der Waals surface area contributed by atoms with Crippen LogP contribution in [0.4, 0.5) is 4.79 Å². The first kappa shape index (κ1) is 26.9. The predicted octanol–water partition coefficient (Wildman–Crippen LogP) is 4.53. The second kappa shape index (κ2) is 11.5. The number of aliphatic hydroxyl groups is 1. The van der Waals surface area contributed by atoms with Crippen LogP contribution in [0.1, 0.15) is 98.4 Å². The summed E-state index contributed by atoms with van der Waals surface area (Å²) >= 11 is 1.64. The standard InChI is InChI=1S/C22H40BN2O4S/c1-16(13-11-9-10-12-14-24-19(26)28-20(2,3)4)18-25-15-17(30-18)23-29-22(7,8)21(5,6)27/h15-16,27H,9-14H2,1-8H3,(H,24,26). The molecule has 1 aromatic heterocycles. The maximum atomic E-state index is 11.6. The summed E-state index contributed by atoms with van der Waals surface area (Å²) in [5.41, 5.74) is -2.07. The SMILES string of the molecule is CC(CCCCCCNC(=O)OC(C)(C)C)c1ncc([B]OC(C)(C)C(C)(C)O)s1. The number of carbonyl (C=O) groups is 1. The van der Waals surface area contributed by atoms with Crippen LogP contribution in [0.5, 0.6) is 0 Å². The van der Waals surface area contributed by atoms with E-state index in [-0.39, 0.29) is 6.09 Å². The van der Waals surface area contributed by atoms with Gasteiger partial charge in [0.1, 0.15) is 5.60 Å². The summed E-state index contributed by atoms with van der Waals surface area (Å²) in [7, 11) is 1.70. The van der Waals surface area contributed by atoms with Crippen LogP contribution in [-0.4, -0.2) is 47.0 Å². The quantitative estimate of drug-likeness (QED) is 0.369. The fourth-order valence-corrected chi connectivity index (χ4v) is 3.36. The molecule has 0 bridgehead atoms. The Morgan fingerprint density at radius 2 is 1.80 bits per heavy atom. The van der Waals surface area contributed by atoms with E-state index >= 15 is 0 Å². The minimum atomic E-state index is -0.938. The summed E-state index contributed by atoms with van der Waals surface area (Å²) in [6.45, 7) is 15.7. The van der Waals surface area contributed by atoms with E-state index in [4.69, 9.17) is 9.39 Å². The van der Waals surface area contributed by atoms with E-state index in [9.17, 15) is 9.90 Å². The van der Waals surface area contributed by atoms with E-state index in [0.717, 1.165) is 41.9 Å². The van der Waals surface area contributed by atoms with Crippen molar-refractivity contribution >= 4 is 29.7 Å². The second-order valence-corrected chi connectivity index (χ2v) is 11.0. The molecule has 1 unspecified atom stereocenters. The molecule has 30 heavy (non-hydrogen) atoms. The van der Waals surface area contributed by atoms with Crippen molar-refractivity contribution in [2.24, 2.45) is 0 Å². The van der Waals surface area contributed by atoms with Crippen LogP contribution >= 0.6 is 11.3 Å². The number of amides is 1. The van der Waals surface area contributed by atoms with Crippen LogP contribution in [-0.2, 0) is 9.39 Å². The highest BCUT2D eigenvalue weighted by Gasteiger charge is 2.35. The Hall–Kier alpha value is -1.12. The van der Waals surface area contributed by atoms with E-state index < -0.39 is 16.8 Å². The molecule has 0 aromatic carbocycles. The van der Waals surface area contributed by atoms with Crippen LogP contribution in [0, 0.1) is 0 Å². The highest BCUT2D eigenvalue weighted by molar-refractivity contribution is 7.20. The molecule has 2 N–H and O–H groups in total. The summed E-state index contributed by atoms with van der Waals surface area (Å²) < 4.78 is 12.0. The molecular weight excluding hydrogens is 399 g/mol. The summed E-state index contributed by atoms with van der Waals surface area (Å²) in [5, 5.41) is 14.1. The zero-order valence-corrected chi connectivity index (χ0v) is 20.8. The Balaban J connectivity index is 2.23. The first-order chi connectivity index (χ1) is 13.7. The van der Waals surface area contributed by atoms with Crippen LogP contribution < -0.4 is 10.1 Å². The number of nitrogens with zero attached hydrogens (tertiary/aromatic N) is 1.